The second kappa shape index (κ2) is 8.06. The number of benzene rings is 2. The van der Waals surface area contributed by atoms with E-state index in [1.807, 2.05) is 13.8 Å². The highest BCUT2D eigenvalue weighted by Crippen LogP contribution is 2.31. The van der Waals surface area contributed by atoms with Crippen molar-refractivity contribution >= 4 is 11.6 Å². The van der Waals surface area contributed by atoms with Crippen molar-refractivity contribution in [1.29, 1.82) is 0 Å². The molecule has 0 atom stereocenters. The van der Waals surface area contributed by atoms with E-state index in [1.165, 1.54) is 30.3 Å². The summed E-state index contributed by atoms with van der Waals surface area (Å²) in [5, 5.41) is 11.9. The number of hydrogen-bond donors (Lipinski definition) is 2. The van der Waals surface area contributed by atoms with Gasteiger partial charge in [-0.2, -0.15) is 13.2 Å². The van der Waals surface area contributed by atoms with Crippen LogP contribution in [0.5, 0.6) is 5.75 Å². The Morgan fingerprint density at radius 2 is 1.83 bits per heavy atom. The molecule has 0 radical (unpaired) electrons. The van der Waals surface area contributed by atoms with Crippen LogP contribution in [0.3, 0.4) is 0 Å². The van der Waals surface area contributed by atoms with E-state index in [1.54, 1.807) is 0 Å². The van der Waals surface area contributed by atoms with Gasteiger partial charge in [-0.05, 0) is 36.4 Å². The molecule has 0 fully saturated rings. The Hall–Kier alpha value is -2.94. The molecule has 2 aromatic rings. The van der Waals surface area contributed by atoms with Crippen molar-refractivity contribution in [3.63, 3.8) is 0 Å². The van der Waals surface area contributed by atoms with E-state index in [2.05, 4.69) is 11.2 Å². The van der Waals surface area contributed by atoms with Gasteiger partial charge in [-0.3, -0.25) is 4.79 Å². The van der Waals surface area contributed by atoms with Crippen LogP contribution in [-0.2, 0) is 6.18 Å². The first kappa shape index (κ1) is 19.1. The number of rotatable bonds is 2. The molecular formula is C18H16F3NO2. The van der Waals surface area contributed by atoms with Crippen molar-refractivity contribution in [3.05, 3.63) is 59.2 Å². The Morgan fingerprint density at radius 1 is 1.17 bits per heavy atom. The highest BCUT2D eigenvalue weighted by atomic mass is 19.4. The molecule has 0 aliphatic rings. The SMILES string of the molecule is C#Cc1ccc(O)c(C(=O)Nc2cccc(C(F)(F)F)c2)c1.CC. The van der Waals surface area contributed by atoms with E-state index in [0.717, 1.165) is 12.1 Å². The maximum Gasteiger partial charge on any atom is 0.416 e. The average molecular weight is 335 g/mol. The van der Waals surface area contributed by atoms with Crippen molar-refractivity contribution in [2.45, 2.75) is 20.0 Å². The first-order valence-electron chi connectivity index (χ1n) is 7.09. The lowest BCUT2D eigenvalue weighted by Gasteiger charge is -2.10. The van der Waals surface area contributed by atoms with Gasteiger partial charge in [0.2, 0.25) is 0 Å². The van der Waals surface area contributed by atoms with Crippen LogP contribution in [0.4, 0.5) is 18.9 Å². The Morgan fingerprint density at radius 3 is 2.42 bits per heavy atom. The molecule has 3 nitrogen and oxygen atoms in total. The zero-order valence-electron chi connectivity index (χ0n) is 13.1. The normalized spacial score (nSPS) is 10.2. The lowest BCUT2D eigenvalue weighted by Crippen LogP contribution is -2.13. The van der Waals surface area contributed by atoms with Crippen molar-refractivity contribution in [2.75, 3.05) is 5.32 Å². The van der Waals surface area contributed by atoms with Gasteiger partial charge in [0.05, 0.1) is 11.1 Å². The van der Waals surface area contributed by atoms with Crippen LogP contribution in [0, 0.1) is 12.3 Å². The monoisotopic (exact) mass is 335 g/mol. The highest BCUT2D eigenvalue weighted by molar-refractivity contribution is 6.06. The van der Waals surface area contributed by atoms with Crippen LogP contribution < -0.4 is 5.32 Å². The summed E-state index contributed by atoms with van der Waals surface area (Å²) in [4.78, 5) is 12.0. The van der Waals surface area contributed by atoms with Crippen LogP contribution in [0.15, 0.2) is 42.5 Å². The lowest BCUT2D eigenvalue weighted by molar-refractivity contribution is -0.137. The summed E-state index contributed by atoms with van der Waals surface area (Å²) in [6.07, 6.45) is 0.693. The van der Waals surface area contributed by atoms with Gasteiger partial charge in [-0.1, -0.05) is 25.8 Å². The first-order chi connectivity index (χ1) is 11.3. The first-order valence-corrected chi connectivity index (χ1v) is 7.09. The molecule has 2 aromatic carbocycles. The van der Waals surface area contributed by atoms with Gasteiger partial charge in [-0.25, -0.2) is 0 Å². The van der Waals surface area contributed by atoms with Gasteiger partial charge in [0.15, 0.2) is 0 Å². The quantitative estimate of drug-likeness (QED) is 0.784. The molecule has 0 aromatic heterocycles. The molecule has 0 aliphatic heterocycles. The molecule has 0 aliphatic carbocycles. The van der Waals surface area contributed by atoms with Crippen molar-refractivity contribution < 1.29 is 23.1 Å². The molecular weight excluding hydrogens is 319 g/mol. The van der Waals surface area contributed by atoms with Crippen LogP contribution >= 0.6 is 0 Å². The Balaban J connectivity index is 0.00000139. The summed E-state index contributed by atoms with van der Waals surface area (Å²) in [7, 11) is 0. The van der Waals surface area contributed by atoms with E-state index >= 15 is 0 Å². The van der Waals surface area contributed by atoms with Crippen molar-refractivity contribution in [2.24, 2.45) is 0 Å². The molecule has 0 heterocycles. The summed E-state index contributed by atoms with van der Waals surface area (Å²) in [6, 6.07) is 8.16. The number of aromatic hydroxyl groups is 1. The molecule has 2 rings (SSSR count). The molecule has 24 heavy (non-hydrogen) atoms. The molecule has 0 saturated heterocycles. The zero-order chi connectivity index (χ0) is 18.3. The summed E-state index contributed by atoms with van der Waals surface area (Å²) in [5.41, 5.74) is -0.669. The second-order valence-electron chi connectivity index (χ2n) is 4.41. The predicted octanol–water partition coefficient (Wildman–Crippen LogP) is 4.67. The molecule has 0 bridgehead atoms. The zero-order valence-corrected chi connectivity index (χ0v) is 13.1. The average Bonchev–Trinajstić information content (AvgIpc) is 2.56. The van der Waals surface area contributed by atoms with Crippen LogP contribution in [0.1, 0.15) is 35.3 Å². The van der Waals surface area contributed by atoms with Crippen LogP contribution in [-0.4, -0.2) is 11.0 Å². The molecule has 0 saturated carbocycles. The highest BCUT2D eigenvalue weighted by Gasteiger charge is 2.30. The molecule has 6 heteroatoms. The minimum atomic E-state index is -4.51. The maximum atomic E-state index is 12.6. The molecule has 0 spiro atoms. The second-order valence-corrected chi connectivity index (χ2v) is 4.41. The van der Waals surface area contributed by atoms with E-state index < -0.39 is 17.6 Å². The van der Waals surface area contributed by atoms with E-state index in [4.69, 9.17) is 6.42 Å². The number of phenolic OH excluding ortho intramolecular Hbond substituents is 1. The summed E-state index contributed by atoms with van der Waals surface area (Å²) >= 11 is 0. The third-order valence-electron chi connectivity index (χ3n) is 2.86. The number of alkyl halides is 3. The number of phenols is 1. The predicted molar refractivity (Wildman–Crippen MR) is 86.8 cm³/mol. The van der Waals surface area contributed by atoms with E-state index in [-0.39, 0.29) is 17.0 Å². The maximum absolute atomic E-state index is 12.6. The van der Waals surface area contributed by atoms with Gasteiger partial charge in [0.1, 0.15) is 5.75 Å². The topological polar surface area (TPSA) is 49.3 Å². The van der Waals surface area contributed by atoms with Crippen molar-refractivity contribution in [3.8, 4) is 18.1 Å². The minimum Gasteiger partial charge on any atom is -0.507 e. The lowest BCUT2D eigenvalue weighted by atomic mass is 10.1. The van der Waals surface area contributed by atoms with Crippen LogP contribution in [0.2, 0.25) is 0 Å². The minimum absolute atomic E-state index is 0.0367. The Labute approximate surface area is 138 Å². The standard InChI is InChI=1S/C16H10F3NO2.C2H6/c1-2-10-6-7-14(21)13(8-10)15(22)20-12-5-3-4-11(9-12)16(17,18)19;1-2/h1,3-9,21H,(H,20,22);1-2H3. The van der Waals surface area contributed by atoms with E-state index in [9.17, 15) is 23.1 Å². The molecule has 2 N–H and O–H groups in total. The smallest absolute Gasteiger partial charge is 0.416 e. The number of carbonyl (C=O) groups is 1. The van der Waals surface area contributed by atoms with Crippen molar-refractivity contribution in [1.82, 2.24) is 0 Å². The fraction of sp³-hybridized carbons (Fsp3) is 0.167. The summed E-state index contributed by atoms with van der Waals surface area (Å²) < 4.78 is 37.8. The number of amides is 1. The number of terminal acetylenes is 1. The van der Waals surface area contributed by atoms with Crippen LogP contribution in [0.25, 0.3) is 0 Å². The molecule has 0 unspecified atom stereocenters. The largest absolute Gasteiger partial charge is 0.507 e. The Kier molecular flexibility index (Phi) is 6.42. The van der Waals surface area contributed by atoms with Gasteiger partial charge in [0, 0.05) is 11.3 Å². The summed E-state index contributed by atoms with van der Waals surface area (Å²) in [5.74, 6) is 1.23. The fourth-order valence-electron chi connectivity index (χ4n) is 1.78. The van der Waals surface area contributed by atoms with Gasteiger partial charge >= 0.3 is 6.18 Å². The van der Waals surface area contributed by atoms with Gasteiger partial charge in [0.25, 0.3) is 5.91 Å². The fourth-order valence-corrected chi connectivity index (χ4v) is 1.78. The number of halogens is 3. The number of anilines is 1. The third kappa shape index (κ3) is 4.78. The van der Waals surface area contributed by atoms with Gasteiger partial charge < -0.3 is 10.4 Å². The van der Waals surface area contributed by atoms with Gasteiger partial charge in [-0.15, -0.1) is 6.42 Å². The molecule has 126 valence electrons. The number of carbonyl (C=O) groups excluding carboxylic acids is 1. The molecule has 1 amide bonds. The third-order valence-corrected chi connectivity index (χ3v) is 2.86. The summed E-state index contributed by atoms with van der Waals surface area (Å²) in [6.45, 7) is 4.00. The number of hydrogen-bond acceptors (Lipinski definition) is 2. The van der Waals surface area contributed by atoms with E-state index in [0.29, 0.717) is 5.56 Å². The number of nitrogens with one attached hydrogen (secondary N) is 1. The Bertz CT molecular complexity index is 762.